The molecule has 1 aromatic heterocycles. The highest BCUT2D eigenvalue weighted by Gasteiger charge is 2.22. The first-order valence-electron chi connectivity index (χ1n) is 6.97. The number of anilines is 1. The van der Waals surface area contributed by atoms with E-state index in [-0.39, 0.29) is 30.2 Å². The summed E-state index contributed by atoms with van der Waals surface area (Å²) in [4.78, 5) is 28.7. The van der Waals surface area contributed by atoms with Gasteiger partial charge in [-0.25, -0.2) is 4.39 Å². The van der Waals surface area contributed by atoms with Crippen LogP contribution in [0.1, 0.15) is 24.3 Å². The van der Waals surface area contributed by atoms with E-state index in [1.54, 1.807) is 18.3 Å². The standard InChI is InChI=1S/C16H18FN3O2/c1-11(2)20(16(22)14-4-3-9-18-14)10-15(21)19-13-7-5-12(17)6-8-13/h3-9,11,18H,10H2,1-2H3,(H,19,21). The lowest BCUT2D eigenvalue weighted by molar-refractivity contribution is -0.117. The van der Waals surface area contributed by atoms with Crippen molar-refractivity contribution < 1.29 is 14.0 Å². The van der Waals surface area contributed by atoms with E-state index in [0.29, 0.717) is 11.4 Å². The first-order chi connectivity index (χ1) is 10.5. The predicted octanol–water partition coefficient (Wildman–Crippen LogP) is 2.64. The zero-order valence-electron chi connectivity index (χ0n) is 12.5. The van der Waals surface area contributed by atoms with Crippen LogP contribution < -0.4 is 5.32 Å². The van der Waals surface area contributed by atoms with Gasteiger partial charge in [-0.15, -0.1) is 0 Å². The van der Waals surface area contributed by atoms with Gasteiger partial charge in [-0.2, -0.15) is 0 Å². The quantitative estimate of drug-likeness (QED) is 0.892. The number of rotatable bonds is 5. The van der Waals surface area contributed by atoms with Crippen LogP contribution in [0.4, 0.5) is 10.1 Å². The van der Waals surface area contributed by atoms with Gasteiger partial charge in [0.15, 0.2) is 0 Å². The summed E-state index contributed by atoms with van der Waals surface area (Å²) in [5.41, 5.74) is 0.922. The van der Waals surface area contributed by atoms with E-state index in [2.05, 4.69) is 10.3 Å². The molecule has 0 saturated heterocycles. The van der Waals surface area contributed by atoms with Gasteiger partial charge < -0.3 is 15.2 Å². The number of aromatic amines is 1. The van der Waals surface area contributed by atoms with Crippen LogP contribution in [0.15, 0.2) is 42.6 Å². The van der Waals surface area contributed by atoms with Gasteiger partial charge in [-0.05, 0) is 50.2 Å². The highest BCUT2D eigenvalue weighted by atomic mass is 19.1. The molecule has 2 rings (SSSR count). The van der Waals surface area contributed by atoms with E-state index >= 15 is 0 Å². The Bertz CT molecular complexity index is 636. The van der Waals surface area contributed by atoms with E-state index in [4.69, 9.17) is 0 Å². The molecule has 0 aliphatic heterocycles. The van der Waals surface area contributed by atoms with Gasteiger partial charge >= 0.3 is 0 Å². The van der Waals surface area contributed by atoms with Crippen LogP contribution in [-0.4, -0.2) is 34.3 Å². The van der Waals surface area contributed by atoms with Crippen molar-refractivity contribution >= 4 is 17.5 Å². The molecule has 2 N–H and O–H groups in total. The average Bonchev–Trinajstić information content (AvgIpc) is 3.00. The molecule has 0 saturated carbocycles. The van der Waals surface area contributed by atoms with Crippen molar-refractivity contribution in [2.75, 3.05) is 11.9 Å². The maximum Gasteiger partial charge on any atom is 0.270 e. The minimum Gasteiger partial charge on any atom is -0.357 e. The maximum absolute atomic E-state index is 12.8. The number of halogens is 1. The molecule has 116 valence electrons. The van der Waals surface area contributed by atoms with E-state index in [0.717, 1.165) is 0 Å². The molecular weight excluding hydrogens is 285 g/mol. The SMILES string of the molecule is CC(C)N(CC(=O)Nc1ccc(F)cc1)C(=O)c1ccc[nH]1. The van der Waals surface area contributed by atoms with Gasteiger partial charge in [0.1, 0.15) is 18.1 Å². The van der Waals surface area contributed by atoms with Crippen LogP contribution in [0.2, 0.25) is 0 Å². The predicted molar refractivity (Wildman–Crippen MR) is 82.0 cm³/mol. The molecular formula is C16H18FN3O2. The fourth-order valence-electron chi connectivity index (χ4n) is 2.00. The molecule has 1 heterocycles. The zero-order valence-corrected chi connectivity index (χ0v) is 12.5. The fraction of sp³-hybridized carbons (Fsp3) is 0.250. The van der Waals surface area contributed by atoms with Crippen LogP contribution in [0.3, 0.4) is 0 Å². The minimum atomic E-state index is -0.372. The maximum atomic E-state index is 12.8. The smallest absolute Gasteiger partial charge is 0.270 e. The number of amides is 2. The molecule has 0 radical (unpaired) electrons. The van der Waals surface area contributed by atoms with E-state index < -0.39 is 0 Å². The molecule has 0 unspecified atom stereocenters. The number of hydrogen-bond donors (Lipinski definition) is 2. The molecule has 22 heavy (non-hydrogen) atoms. The molecule has 2 aromatic rings. The summed E-state index contributed by atoms with van der Waals surface area (Å²) in [5.74, 6) is -0.946. The summed E-state index contributed by atoms with van der Waals surface area (Å²) in [6, 6.07) is 8.73. The highest BCUT2D eigenvalue weighted by molar-refractivity contribution is 5.98. The summed E-state index contributed by atoms with van der Waals surface area (Å²) in [5, 5.41) is 2.64. The number of H-pyrrole nitrogens is 1. The largest absolute Gasteiger partial charge is 0.357 e. The first kappa shape index (κ1) is 15.8. The van der Waals surface area contributed by atoms with Gasteiger partial charge in [0.2, 0.25) is 5.91 Å². The Balaban J connectivity index is 2.03. The van der Waals surface area contributed by atoms with Crippen LogP contribution in [0, 0.1) is 5.82 Å². The Hall–Kier alpha value is -2.63. The molecule has 0 aliphatic rings. The number of nitrogens with zero attached hydrogens (tertiary/aromatic N) is 1. The number of hydrogen-bond acceptors (Lipinski definition) is 2. The highest BCUT2D eigenvalue weighted by Crippen LogP contribution is 2.10. The molecule has 0 aliphatic carbocycles. The Kier molecular flexibility index (Phi) is 4.93. The molecule has 6 heteroatoms. The second-order valence-electron chi connectivity index (χ2n) is 5.17. The van der Waals surface area contributed by atoms with Crippen LogP contribution in [-0.2, 0) is 4.79 Å². The van der Waals surface area contributed by atoms with E-state index in [1.165, 1.54) is 29.2 Å². The van der Waals surface area contributed by atoms with Crippen molar-refractivity contribution in [3.8, 4) is 0 Å². The monoisotopic (exact) mass is 303 g/mol. The summed E-state index contributed by atoms with van der Waals surface area (Å²) >= 11 is 0. The van der Waals surface area contributed by atoms with Gasteiger partial charge in [0, 0.05) is 17.9 Å². The normalized spacial score (nSPS) is 10.5. The van der Waals surface area contributed by atoms with Crippen molar-refractivity contribution in [1.29, 1.82) is 0 Å². The van der Waals surface area contributed by atoms with Crippen LogP contribution >= 0.6 is 0 Å². The van der Waals surface area contributed by atoms with Crippen molar-refractivity contribution in [3.63, 3.8) is 0 Å². The van der Waals surface area contributed by atoms with Crippen molar-refractivity contribution in [2.45, 2.75) is 19.9 Å². The van der Waals surface area contributed by atoms with Gasteiger partial charge in [-0.3, -0.25) is 9.59 Å². The molecule has 0 fully saturated rings. The molecule has 0 spiro atoms. The Morgan fingerprint density at radius 2 is 1.91 bits per heavy atom. The number of nitrogens with one attached hydrogen (secondary N) is 2. The molecule has 0 atom stereocenters. The Morgan fingerprint density at radius 3 is 2.45 bits per heavy atom. The molecule has 5 nitrogen and oxygen atoms in total. The number of carbonyl (C=O) groups excluding carboxylic acids is 2. The third-order valence-electron chi connectivity index (χ3n) is 3.15. The topological polar surface area (TPSA) is 65.2 Å². The van der Waals surface area contributed by atoms with Gasteiger partial charge in [0.05, 0.1) is 0 Å². The summed E-state index contributed by atoms with van der Waals surface area (Å²) in [6.45, 7) is 3.60. The second kappa shape index (κ2) is 6.89. The third-order valence-corrected chi connectivity index (χ3v) is 3.15. The summed E-state index contributed by atoms with van der Waals surface area (Å²) in [7, 11) is 0. The van der Waals surface area contributed by atoms with Crippen molar-refractivity contribution in [2.24, 2.45) is 0 Å². The number of aromatic nitrogens is 1. The number of carbonyl (C=O) groups is 2. The van der Waals surface area contributed by atoms with Gasteiger partial charge in [0.25, 0.3) is 5.91 Å². The Morgan fingerprint density at radius 1 is 1.23 bits per heavy atom. The summed E-state index contributed by atoms with van der Waals surface area (Å²) in [6.07, 6.45) is 1.66. The zero-order chi connectivity index (χ0) is 16.1. The Labute approximate surface area is 128 Å². The van der Waals surface area contributed by atoms with Gasteiger partial charge in [-0.1, -0.05) is 0 Å². The lowest BCUT2D eigenvalue weighted by Gasteiger charge is -2.25. The van der Waals surface area contributed by atoms with Crippen molar-refractivity contribution in [1.82, 2.24) is 9.88 Å². The van der Waals surface area contributed by atoms with E-state index in [1.807, 2.05) is 13.8 Å². The molecule has 1 aromatic carbocycles. The van der Waals surface area contributed by atoms with E-state index in [9.17, 15) is 14.0 Å². The molecule has 0 bridgehead atoms. The number of benzene rings is 1. The van der Waals surface area contributed by atoms with Crippen molar-refractivity contribution in [3.05, 3.63) is 54.1 Å². The molecule has 2 amide bonds. The van der Waals surface area contributed by atoms with Crippen LogP contribution in [0.25, 0.3) is 0 Å². The minimum absolute atomic E-state index is 0.0765. The van der Waals surface area contributed by atoms with Crippen LogP contribution in [0.5, 0.6) is 0 Å². The second-order valence-corrected chi connectivity index (χ2v) is 5.17. The lowest BCUT2D eigenvalue weighted by Crippen LogP contribution is -2.42. The third kappa shape index (κ3) is 3.94. The fourth-order valence-corrected chi connectivity index (χ4v) is 2.00. The summed E-state index contributed by atoms with van der Waals surface area (Å²) < 4.78 is 12.8. The average molecular weight is 303 g/mol. The lowest BCUT2D eigenvalue weighted by atomic mass is 10.2. The first-order valence-corrected chi connectivity index (χ1v) is 6.97.